The lowest BCUT2D eigenvalue weighted by Gasteiger charge is -2.11. The van der Waals surface area contributed by atoms with E-state index in [1.165, 1.54) is 16.3 Å². The predicted octanol–water partition coefficient (Wildman–Crippen LogP) is 14.6. The number of aromatic nitrogens is 5. The van der Waals surface area contributed by atoms with Gasteiger partial charge in [-0.3, -0.25) is 0 Å². The Morgan fingerprint density at radius 2 is 0.629 bits per heavy atom. The van der Waals surface area contributed by atoms with E-state index in [1.54, 1.807) is 0 Å². The van der Waals surface area contributed by atoms with Gasteiger partial charge in [0.05, 0.1) is 11.4 Å². The smallest absolute Gasteiger partial charge is 0.164 e. The zero-order valence-corrected chi connectivity index (χ0v) is 34.4. The molecule has 2 aromatic heterocycles. The van der Waals surface area contributed by atoms with E-state index < -0.39 is 0 Å². The molecule has 0 N–H and O–H groups in total. The molecule has 0 aliphatic carbocycles. The van der Waals surface area contributed by atoms with Crippen molar-refractivity contribution in [2.24, 2.45) is 0 Å². The summed E-state index contributed by atoms with van der Waals surface area (Å²) in [6.45, 7) is 4.08. The number of hydrogen-bond donors (Lipinski definition) is 0. The normalized spacial score (nSPS) is 11.5. The number of rotatable bonds is 9. The first-order valence-corrected chi connectivity index (χ1v) is 20.9. The molecule has 0 unspecified atom stereocenters. The van der Waals surface area contributed by atoms with Gasteiger partial charge < -0.3 is 0 Å². The van der Waals surface area contributed by atoms with Crippen LogP contribution in [0.2, 0.25) is 0 Å². The van der Waals surface area contributed by atoms with Crippen LogP contribution in [0, 0.1) is 0 Å². The average Bonchev–Trinajstić information content (AvgIpc) is 3.36. The fourth-order valence-electron chi connectivity index (χ4n) is 7.70. The first-order chi connectivity index (χ1) is 30.5. The highest BCUT2D eigenvalue weighted by Crippen LogP contribution is 2.33. The molecular formula is C57H41N5. The van der Waals surface area contributed by atoms with Crippen LogP contribution in [0.15, 0.2) is 212 Å². The fraction of sp³-hybridized carbons (Fsp3) is 0.0351. The second-order valence-electron chi connectivity index (χ2n) is 15.3. The van der Waals surface area contributed by atoms with Crippen LogP contribution in [0.1, 0.15) is 19.7 Å². The molecular weight excluding hydrogens is 755 g/mol. The number of hydrogen-bond acceptors (Lipinski definition) is 5. The van der Waals surface area contributed by atoms with Gasteiger partial charge in [-0.15, -0.1) is 0 Å². The quantitative estimate of drug-likeness (QED) is 0.146. The molecule has 5 heteroatoms. The fourth-order valence-corrected chi connectivity index (χ4v) is 7.70. The van der Waals surface area contributed by atoms with Crippen molar-refractivity contribution in [1.82, 2.24) is 24.9 Å². The highest BCUT2D eigenvalue weighted by molar-refractivity contribution is 5.91. The molecule has 0 amide bonds. The van der Waals surface area contributed by atoms with E-state index in [9.17, 15) is 0 Å². The molecule has 2 heterocycles. The highest BCUT2D eigenvalue weighted by atomic mass is 15.0. The molecule has 10 aromatic rings. The van der Waals surface area contributed by atoms with Crippen molar-refractivity contribution in [3.8, 4) is 90.1 Å². The zero-order valence-electron chi connectivity index (χ0n) is 34.4. The minimum atomic E-state index is 0.631. The first-order valence-electron chi connectivity index (χ1n) is 20.9. The molecule has 0 spiro atoms. The lowest BCUT2D eigenvalue weighted by atomic mass is 9.96. The maximum atomic E-state index is 5.01. The van der Waals surface area contributed by atoms with Crippen LogP contribution < -0.4 is 0 Å². The van der Waals surface area contributed by atoms with Crippen LogP contribution in [-0.4, -0.2) is 24.9 Å². The highest BCUT2D eigenvalue weighted by Gasteiger charge is 2.14. The van der Waals surface area contributed by atoms with Crippen LogP contribution in [0.3, 0.4) is 0 Å². The molecule has 62 heavy (non-hydrogen) atoms. The van der Waals surface area contributed by atoms with Crippen LogP contribution >= 0.6 is 0 Å². The molecule has 0 saturated carbocycles. The second kappa shape index (κ2) is 16.8. The van der Waals surface area contributed by atoms with Gasteiger partial charge in [0.15, 0.2) is 23.3 Å². The van der Waals surface area contributed by atoms with Crippen LogP contribution in [0.5, 0.6) is 0 Å². The van der Waals surface area contributed by atoms with Crippen molar-refractivity contribution in [1.29, 1.82) is 0 Å². The first kappa shape index (κ1) is 38.1. The molecule has 0 radical (unpaired) electrons. The Hall–Kier alpha value is -8.15. The van der Waals surface area contributed by atoms with Crippen molar-refractivity contribution in [3.05, 3.63) is 218 Å². The van der Waals surface area contributed by atoms with Gasteiger partial charge in [0, 0.05) is 27.8 Å². The van der Waals surface area contributed by atoms with Gasteiger partial charge in [0.25, 0.3) is 0 Å². The van der Waals surface area contributed by atoms with Crippen molar-refractivity contribution in [2.75, 3.05) is 0 Å². The number of nitrogens with zero attached hydrogens (tertiary/aromatic N) is 5. The molecule has 0 aliphatic rings. The molecule has 10 rings (SSSR count). The number of fused-ring (bicyclic) bond motifs is 1. The van der Waals surface area contributed by atoms with Crippen molar-refractivity contribution in [3.63, 3.8) is 0 Å². The summed E-state index contributed by atoms with van der Waals surface area (Å²) >= 11 is 0. The van der Waals surface area contributed by atoms with Gasteiger partial charge in [0.2, 0.25) is 0 Å². The topological polar surface area (TPSA) is 64.5 Å². The maximum absolute atomic E-state index is 5.01. The lowest BCUT2D eigenvalue weighted by Crippen LogP contribution is -2.00. The molecule has 294 valence electrons. The number of allylic oxidation sites excluding steroid dienone is 2. The molecule has 0 bridgehead atoms. The van der Waals surface area contributed by atoms with E-state index in [-0.39, 0.29) is 0 Å². The van der Waals surface area contributed by atoms with E-state index >= 15 is 0 Å². The minimum Gasteiger partial charge on any atom is -0.228 e. The molecule has 0 saturated heterocycles. The van der Waals surface area contributed by atoms with Gasteiger partial charge in [-0.2, -0.15) is 0 Å². The second-order valence-corrected chi connectivity index (χ2v) is 15.3. The van der Waals surface area contributed by atoms with Crippen molar-refractivity contribution in [2.45, 2.75) is 13.8 Å². The Kier molecular flexibility index (Phi) is 10.3. The summed E-state index contributed by atoms with van der Waals surface area (Å²) in [5.74, 6) is 2.65. The third-order valence-corrected chi connectivity index (χ3v) is 11.3. The van der Waals surface area contributed by atoms with Crippen LogP contribution in [-0.2, 0) is 0 Å². The van der Waals surface area contributed by atoms with Gasteiger partial charge in [-0.05, 0) is 81.8 Å². The maximum Gasteiger partial charge on any atom is 0.164 e. The predicted molar refractivity (Wildman–Crippen MR) is 256 cm³/mol. The monoisotopic (exact) mass is 795 g/mol. The van der Waals surface area contributed by atoms with Crippen LogP contribution in [0.25, 0.3) is 106 Å². The molecule has 0 fully saturated rings. The van der Waals surface area contributed by atoms with E-state index in [0.29, 0.717) is 17.5 Å². The summed E-state index contributed by atoms with van der Waals surface area (Å²) in [7, 11) is 0. The summed E-state index contributed by atoms with van der Waals surface area (Å²) in [5.41, 5.74) is 14.7. The van der Waals surface area contributed by atoms with Gasteiger partial charge in [-0.25, -0.2) is 24.9 Å². The van der Waals surface area contributed by atoms with Crippen LogP contribution in [0.4, 0.5) is 0 Å². The average molecular weight is 796 g/mol. The SMILES string of the molecule is C/C=C(\C)c1nc(-c2ccccc2)cc(-c2ccc(-c3ccc4ccc(-c5ccc(-c6nc(-c7ccccc7)nc(-c7ccc(-c8ccccc8)cc7)n6)cc5)cc4c3)cc2)n1. The van der Waals surface area contributed by atoms with Gasteiger partial charge >= 0.3 is 0 Å². The Morgan fingerprint density at radius 3 is 1.08 bits per heavy atom. The Bertz CT molecular complexity index is 3200. The van der Waals surface area contributed by atoms with E-state index in [1.807, 2.05) is 61.5 Å². The molecule has 0 aliphatic heterocycles. The Morgan fingerprint density at radius 1 is 0.306 bits per heavy atom. The largest absolute Gasteiger partial charge is 0.228 e. The molecule has 8 aromatic carbocycles. The lowest BCUT2D eigenvalue weighted by molar-refractivity contribution is 1.07. The third kappa shape index (κ3) is 7.95. The Labute approximate surface area is 361 Å². The zero-order chi connectivity index (χ0) is 41.8. The van der Waals surface area contributed by atoms with E-state index in [4.69, 9.17) is 24.9 Å². The van der Waals surface area contributed by atoms with E-state index in [2.05, 4.69) is 165 Å². The number of benzene rings is 8. The summed E-state index contributed by atoms with van der Waals surface area (Å²) in [5, 5.41) is 2.37. The Balaban J connectivity index is 0.930. The summed E-state index contributed by atoms with van der Waals surface area (Å²) in [6, 6.07) is 71.8. The third-order valence-electron chi connectivity index (χ3n) is 11.3. The van der Waals surface area contributed by atoms with Gasteiger partial charge in [-0.1, -0.05) is 194 Å². The van der Waals surface area contributed by atoms with Gasteiger partial charge in [0.1, 0.15) is 0 Å². The standard InChI is InChI=1S/C57H41N5/c1-3-38(2)54-58-52(44-15-9-5-10-16-44)37-53(59-54)45-27-19-41(20-28-45)49-33-25-43-26-34-50(36-51(43)35-49)42-23-31-48(32-24-42)57-61-55(46-17-11-6-12-18-46)60-56(62-57)47-29-21-40(22-30-47)39-13-7-4-8-14-39/h3-37H,1-2H3/b38-3+. The van der Waals surface area contributed by atoms with Crippen molar-refractivity contribution >= 4 is 16.3 Å². The molecule has 5 nitrogen and oxygen atoms in total. The summed E-state index contributed by atoms with van der Waals surface area (Å²) in [6.07, 6.45) is 2.05. The summed E-state index contributed by atoms with van der Waals surface area (Å²) in [4.78, 5) is 24.8. The van der Waals surface area contributed by atoms with E-state index in [0.717, 1.165) is 78.4 Å². The molecule has 0 atom stereocenters. The van der Waals surface area contributed by atoms with Crippen molar-refractivity contribution < 1.29 is 0 Å². The summed E-state index contributed by atoms with van der Waals surface area (Å²) < 4.78 is 0. The minimum absolute atomic E-state index is 0.631.